The Kier molecular flexibility index (Phi) is 4.45. The van der Waals surface area contributed by atoms with E-state index in [1.54, 1.807) is 17.4 Å². The largest absolute Gasteiger partial charge is 0.384 e. The second-order valence-corrected chi connectivity index (χ2v) is 5.77. The van der Waals surface area contributed by atoms with Gasteiger partial charge in [-0.3, -0.25) is 5.41 Å². The Hall–Kier alpha value is -1.52. The second-order valence-electron chi connectivity index (χ2n) is 4.33. The predicted molar refractivity (Wildman–Crippen MR) is 83.8 cm³/mol. The molecule has 5 heteroatoms. The highest BCUT2D eigenvalue weighted by Crippen LogP contribution is 2.26. The lowest BCUT2D eigenvalue weighted by Crippen LogP contribution is -2.20. The van der Waals surface area contributed by atoms with Crippen LogP contribution in [0.3, 0.4) is 0 Å². The Morgan fingerprint density at radius 2 is 2.21 bits per heavy atom. The predicted octanol–water partition coefficient (Wildman–Crippen LogP) is 3.36. The minimum Gasteiger partial charge on any atom is -0.384 e. The number of rotatable bonds is 5. The number of amidine groups is 1. The lowest BCUT2D eigenvalue weighted by atomic mass is 10.2. The molecule has 0 radical (unpaired) electrons. The summed E-state index contributed by atoms with van der Waals surface area (Å²) in [6, 6.07) is 9.67. The highest BCUT2D eigenvalue weighted by Gasteiger charge is 2.08. The van der Waals surface area contributed by atoms with E-state index in [0.717, 1.165) is 18.7 Å². The van der Waals surface area contributed by atoms with Crippen molar-refractivity contribution in [3.05, 3.63) is 51.2 Å². The number of hydrogen-bond donors (Lipinski definition) is 2. The van der Waals surface area contributed by atoms with Gasteiger partial charge in [-0.15, -0.1) is 11.3 Å². The topological polar surface area (TPSA) is 53.1 Å². The molecule has 0 spiro atoms. The maximum Gasteiger partial charge on any atom is 0.122 e. The summed E-state index contributed by atoms with van der Waals surface area (Å²) in [6.07, 6.45) is 0.999. The third kappa shape index (κ3) is 3.49. The molecule has 0 saturated heterocycles. The van der Waals surface area contributed by atoms with E-state index in [1.807, 2.05) is 19.2 Å². The van der Waals surface area contributed by atoms with E-state index < -0.39 is 0 Å². The van der Waals surface area contributed by atoms with Gasteiger partial charge in [0.2, 0.25) is 0 Å². The van der Waals surface area contributed by atoms with Crippen LogP contribution in [0.15, 0.2) is 35.7 Å². The zero-order valence-electron chi connectivity index (χ0n) is 10.7. The maximum atomic E-state index is 7.39. The molecule has 3 N–H and O–H groups in total. The minimum absolute atomic E-state index is 0.0367. The van der Waals surface area contributed by atoms with Gasteiger partial charge in [-0.25, -0.2) is 0 Å². The van der Waals surface area contributed by atoms with E-state index in [-0.39, 0.29) is 5.84 Å². The van der Waals surface area contributed by atoms with Crippen molar-refractivity contribution >= 4 is 34.5 Å². The quantitative estimate of drug-likeness (QED) is 0.656. The molecule has 2 aromatic rings. The minimum atomic E-state index is 0.0367. The third-order valence-electron chi connectivity index (χ3n) is 2.94. The van der Waals surface area contributed by atoms with Crippen LogP contribution in [0.1, 0.15) is 10.4 Å². The fraction of sp³-hybridized carbons (Fsp3) is 0.214. The molecule has 0 aliphatic heterocycles. The van der Waals surface area contributed by atoms with Crippen LogP contribution in [-0.4, -0.2) is 19.4 Å². The molecule has 0 aliphatic carbocycles. The Morgan fingerprint density at radius 3 is 2.79 bits per heavy atom. The SMILES string of the molecule is CN(CCc1cccs1)c1ccc(C(=N)N)cc1Cl. The molecular formula is C14H16ClN3S. The molecule has 0 unspecified atom stereocenters. The summed E-state index contributed by atoms with van der Waals surface area (Å²) in [5.41, 5.74) is 7.06. The van der Waals surface area contributed by atoms with Gasteiger partial charge in [0.05, 0.1) is 10.7 Å². The molecule has 1 aromatic carbocycles. The lowest BCUT2D eigenvalue weighted by molar-refractivity contribution is 0.887. The first-order valence-electron chi connectivity index (χ1n) is 5.95. The maximum absolute atomic E-state index is 7.39. The molecule has 0 fully saturated rings. The zero-order valence-corrected chi connectivity index (χ0v) is 12.3. The fourth-order valence-corrected chi connectivity index (χ4v) is 2.86. The van der Waals surface area contributed by atoms with E-state index in [9.17, 15) is 0 Å². The first kappa shape index (κ1) is 13.9. The molecule has 0 aliphatic rings. The lowest BCUT2D eigenvalue weighted by Gasteiger charge is -2.20. The highest BCUT2D eigenvalue weighted by molar-refractivity contribution is 7.09. The van der Waals surface area contributed by atoms with Crippen LogP contribution in [0.4, 0.5) is 5.69 Å². The Morgan fingerprint density at radius 1 is 1.42 bits per heavy atom. The number of nitrogens with one attached hydrogen (secondary N) is 1. The van der Waals surface area contributed by atoms with Gasteiger partial charge in [0.25, 0.3) is 0 Å². The van der Waals surface area contributed by atoms with Gasteiger partial charge in [0.1, 0.15) is 5.84 Å². The normalized spacial score (nSPS) is 10.4. The average molecular weight is 294 g/mol. The van der Waals surface area contributed by atoms with Crippen LogP contribution in [0, 0.1) is 5.41 Å². The van der Waals surface area contributed by atoms with Crippen LogP contribution >= 0.6 is 22.9 Å². The van der Waals surface area contributed by atoms with Crippen molar-refractivity contribution in [2.75, 3.05) is 18.5 Å². The van der Waals surface area contributed by atoms with Gasteiger partial charge in [0.15, 0.2) is 0 Å². The number of nitrogens with two attached hydrogens (primary N) is 1. The standard InChI is InChI=1S/C14H16ClN3S/c1-18(7-6-11-3-2-8-19-11)13-5-4-10(14(16)17)9-12(13)15/h2-5,8-9H,6-7H2,1H3,(H3,16,17). The zero-order chi connectivity index (χ0) is 13.8. The van der Waals surface area contributed by atoms with Crippen molar-refractivity contribution in [1.82, 2.24) is 0 Å². The van der Waals surface area contributed by atoms with Gasteiger partial charge < -0.3 is 10.6 Å². The number of hydrogen-bond acceptors (Lipinski definition) is 3. The smallest absolute Gasteiger partial charge is 0.122 e. The molecule has 0 bridgehead atoms. The summed E-state index contributed by atoms with van der Waals surface area (Å²) in [6.45, 7) is 0.902. The van der Waals surface area contributed by atoms with Crippen LogP contribution in [0.5, 0.6) is 0 Å². The second kappa shape index (κ2) is 6.08. The summed E-state index contributed by atoms with van der Waals surface area (Å²) < 4.78 is 0. The summed E-state index contributed by atoms with van der Waals surface area (Å²) in [4.78, 5) is 3.48. The van der Waals surface area contributed by atoms with Gasteiger partial charge >= 0.3 is 0 Å². The summed E-state index contributed by atoms with van der Waals surface area (Å²) in [5.74, 6) is 0.0367. The van der Waals surface area contributed by atoms with E-state index in [4.69, 9.17) is 22.7 Å². The van der Waals surface area contributed by atoms with Crippen molar-refractivity contribution in [2.45, 2.75) is 6.42 Å². The molecular weight excluding hydrogens is 278 g/mol. The van der Waals surface area contributed by atoms with Crippen molar-refractivity contribution in [3.8, 4) is 0 Å². The summed E-state index contributed by atoms with van der Waals surface area (Å²) in [7, 11) is 2.02. The van der Waals surface area contributed by atoms with E-state index in [0.29, 0.717) is 10.6 Å². The number of thiophene rings is 1. The molecule has 0 saturated carbocycles. The number of nitrogen functional groups attached to an aromatic ring is 1. The van der Waals surface area contributed by atoms with E-state index >= 15 is 0 Å². The third-order valence-corrected chi connectivity index (χ3v) is 4.18. The Bertz CT molecular complexity index is 566. The molecule has 0 atom stereocenters. The van der Waals surface area contributed by atoms with E-state index in [1.165, 1.54) is 4.88 Å². The van der Waals surface area contributed by atoms with E-state index in [2.05, 4.69) is 22.4 Å². The fourth-order valence-electron chi connectivity index (χ4n) is 1.84. The average Bonchev–Trinajstić information content (AvgIpc) is 2.88. The number of anilines is 1. The van der Waals surface area contributed by atoms with Crippen LogP contribution in [0.2, 0.25) is 5.02 Å². The molecule has 0 amide bonds. The van der Waals surface area contributed by atoms with Gasteiger partial charge in [-0.1, -0.05) is 17.7 Å². The molecule has 1 aromatic heterocycles. The van der Waals surface area contributed by atoms with Crippen LogP contribution in [0.25, 0.3) is 0 Å². The van der Waals surface area contributed by atoms with Gasteiger partial charge in [-0.05, 0) is 36.1 Å². The molecule has 19 heavy (non-hydrogen) atoms. The number of likely N-dealkylation sites (N-methyl/N-ethyl adjacent to an activating group) is 1. The molecule has 2 rings (SSSR count). The van der Waals surface area contributed by atoms with Crippen molar-refractivity contribution in [3.63, 3.8) is 0 Å². The first-order chi connectivity index (χ1) is 9.08. The van der Waals surface area contributed by atoms with Gasteiger partial charge in [0, 0.05) is 24.0 Å². The van der Waals surface area contributed by atoms with Crippen LogP contribution in [-0.2, 0) is 6.42 Å². The number of halogens is 1. The van der Waals surface area contributed by atoms with Crippen molar-refractivity contribution < 1.29 is 0 Å². The Balaban J connectivity index is 2.06. The van der Waals surface area contributed by atoms with Crippen molar-refractivity contribution in [1.29, 1.82) is 5.41 Å². The Labute approximate surface area is 122 Å². The number of benzene rings is 1. The molecule has 1 heterocycles. The van der Waals surface area contributed by atoms with Crippen LogP contribution < -0.4 is 10.6 Å². The van der Waals surface area contributed by atoms with Crippen molar-refractivity contribution in [2.24, 2.45) is 5.73 Å². The molecule has 100 valence electrons. The number of nitrogens with zero attached hydrogens (tertiary/aromatic N) is 1. The summed E-state index contributed by atoms with van der Waals surface area (Å²) >= 11 is 8.00. The molecule has 3 nitrogen and oxygen atoms in total. The monoisotopic (exact) mass is 293 g/mol. The highest BCUT2D eigenvalue weighted by atomic mass is 35.5. The first-order valence-corrected chi connectivity index (χ1v) is 7.21. The van der Waals surface area contributed by atoms with Gasteiger partial charge in [-0.2, -0.15) is 0 Å². The summed E-state index contributed by atoms with van der Waals surface area (Å²) in [5, 5.41) is 10.1.